The molecule has 0 bridgehead atoms. The lowest BCUT2D eigenvalue weighted by Gasteiger charge is -2.30. The zero-order valence-electron chi connectivity index (χ0n) is 13.3. The minimum atomic E-state index is -0.316. The molecule has 1 aliphatic heterocycles. The van der Waals surface area contributed by atoms with Gasteiger partial charge in [0.2, 0.25) is 11.8 Å². The number of halogens is 1. The van der Waals surface area contributed by atoms with E-state index >= 15 is 0 Å². The normalized spacial score (nSPS) is 15.3. The molecule has 0 spiro atoms. The molecule has 2 heterocycles. The van der Waals surface area contributed by atoms with Gasteiger partial charge in [0.1, 0.15) is 5.82 Å². The van der Waals surface area contributed by atoms with E-state index in [-0.39, 0.29) is 23.5 Å². The van der Waals surface area contributed by atoms with Crippen molar-refractivity contribution in [2.24, 2.45) is 5.92 Å². The summed E-state index contributed by atoms with van der Waals surface area (Å²) in [5.74, 6) is -0.447. The summed E-state index contributed by atoms with van der Waals surface area (Å²) in [6.07, 6.45) is 1.32. The number of nitrogens with zero attached hydrogens (tertiary/aromatic N) is 2. The van der Waals surface area contributed by atoms with Crippen molar-refractivity contribution in [2.45, 2.75) is 19.8 Å². The number of amides is 2. The molecule has 0 aliphatic carbocycles. The van der Waals surface area contributed by atoms with Crippen LogP contribution in [0, 0.1) is 11.7 Å². The van der Waals surface area contributed by atoms with Crippen molar-refractivity contribution in [3.05, 3.63) is 35.5 Å². The number of anilines is 1. The molecule has 5 nitrogen and oxygen atoms in total. The van der Waals surface area contributed by atoms with Gasteiger partial charge in [-0.05, 0) is 25.0 Å². The van der Waals surface area contributed by atoms with Gasteiger partial charge < -0.3 is 10.2 Å². The van der Waals surface area contributed by atoms with Gasteiger partial charge in [-0.15, -0.1) is 11.3 Å². The van der Waals surface area contributed by atoms with E-state index < -0.39 is 0 Å². The van der Waals surface area contributed by atoms with Gasteiger partial charge in [0.25, 0.3) is 0 Å². The van der Waals surface area contributed by atoms with Gasteiger partial charge in [0.15, 0.2) is 5.13 Å². The number of likely N-dealkylation sites (tertiary alicyclic amines) is 1. The Labute approximate surface area is 143 Å². The lowest BCUT2D eigenvalue weighted by Crippen LogP contribution is -2.40. The molecule has 1 aromatic heterocycles. The number of hydrogen-bond acceptors (Lipinski definition) is 4. The molecule has 3 rings (SSSR count). The molecule has 1 saturated heterocycles. The highest BCUT2D eigenvalue weighted by Crippen LogP contribution is 2.26. The van der Waals surface area contributed by atoms with Crippen molar-refractivity contribution in [1.82, 2.24) is 9.88 Å². The van der Waals surface area contributed by atoms with E-state index in [1.807, 2.05) is 0 Å². The third-order valence-corrected chi connectivity index (χ3v) is 4.92. The summed E-state index contributed by atoms with van der Waals surface area (Å²) in [6, 6.07) is 6.20. The Hall–Kier alpha value is -2.28. The predicted molar refractivity (Wildman–Crippen MR) is 91.1 cm³/mol. The fourth-order valence-corrected chi connectivity index (χ4v) is 3.50. The van der Waals surface area contributed by atoms with Crippen LogP contribution in [0.4, 0.5) is 9.52 Å². The van der Waals surface area contributed by atoms with E-state index in [1.54, 1.807) is 29.3 Å². The predicted octanol–water partition coefficient (Wildman–Crippen LogP) is 3.15. The summed E-state index contributed by atoms with van der Waals surface area (Å²) >= 11 is 1.32. The quantitative estimate of drug-likeness (QED) is 0.928. The second kappa shape index (κ2) is 7.09. The van der Waals surface area contributed by atoms with Gasteiger partial charge in [-0.2, -0.15) is 0 Å². The smallest absolute Gasteiger partial charge is 0.229 e. The van der Waals surface area contributed by atoms with Crippen LogP contribution in [0.3, 0.4) is 0 Å². The average molecular weight is 347 g/mol. The Bertz CT molecular complexity index is 754. The second-order valence-corrected chi connectivity index (χ2v) is 6.68. The summed E-state index contributed by atoms with van der Waals surface area (Å²) in [5.41, 5.74) is 1.32. The molecule has 1 fully saturated rings. The molecule has 0 radical (unpaired) electrons. The Morgan fingerprint density at radius 1 is 1.33 bits per heavy atom. The first-order valence-corrected chi connectivity index (χ1v) is 8.69. The van der Waals surface area contributed by atoms with Crippen LogP contribution < -0.4 is 5.32 Å². The monoisotopic (exact) mass is 347 g/mol. The topological polar surface area (TPSA) is 62.3 Å². The number of aromatic nitrogens is 1. The van der Waals surface area contributed by atoms with Crippen molar-refractivity contribution < 1.29 is 14.0 Å². The maximum atomic E-state index is 13.3. The zero-order valence-corrected chi connectivity index (χ0v) is 14.1. The van der Waals surface area contributed by atoms with E-state index in [2.05, 4.69) is 10.3 Å². The molecular weight excluding hydrogens is 329 g/mol. The summed E-state index contributed by atoms with van der Waals surface area (Å²) in [4.78, 5) is 29.8. The Morgan fingerprint density at radius 2 is 2.08 bits per heavy atom. The molecule has 7 heteroatoms. The van der Waals surface area contributed by atoms with Gasteiger partial charge >= 0.3 is 0 Å². The van der Waals surface area contributed by atoms with E-state index in [9.17, 15) is 14.0 Å². The number of carbonyl (C=O) groups is 2. The molecule has 1 aliphatic rings. The summed E-state index contributed by atoms with van der Waals surface area (Å²) in [6.45, 7) is 2.77. The minimum Gasteiger partial charge on any atom is -0.343 e. The molecule has 1 aromatic carbocycles. The number of nitrogens with one attached hydrogen (secondary N) is 1. The van der Waals surface area contributed by atoms with Crippen LogP contribution in [0.5, 0.6) is 0 Å². The van der Waals surface area contributed by atoms with E-state index in [4.69, 9.17) is 0 Å². The van der Waals surface area contributed by atoms with Crippen molar-refractivity contribution in [1.29, 1.82) is 0 Å². The first-order valence-electron chi connectivity index (χ1n) is 7.81. The second-order valence-electron chi connectivity index (χ2n) is 5.82. The van der Waals surface area contributed by atoms with E-state index in [0.717, 1.165) is 0 Å². The van der Waals surface area contributed by atoms with E-state index in [1.165, 1.54) is 23.5 Å². The number of piperidine rings is 1. The highest BCUT2D eigenvalue weighted by Gasteiger charge is 2.26. The van der Waals surface area contributed by atoms with Gasteiger partial charge in [-0.1, -0.05) is 12.1 Å². The molecule has 0 saturated carbocycles. The fourth-order valence-electron chi connectivity index (χ4n) is 2.78. The van der Waals surface area contributed by atoms with Crippen LogP contribution in [0.25, 0.3) is 11.3 Å². The van der Waals surface area contributed by atoms with Crippen LogP contribution in [0.1, 0.15) is 19.8 Å². The van der Waals surface area contributed by atoms with Crippen LogP contribution in [-0.2, 0) is 9.59 Å². The first-order chi connectivity index (χ1) is 11.5. The summed E-state index contributed by atoms with van der Waals surface area (Å²) in [7, 11) is 0. The summed E-state index contributed by atoms with van der Waals surface area (Å²) in [5, 5.41) is 5.13. The zero-order chi connectivity index (χ0) is 17.1. The van der Waals surface area contributed by atoms with Crippen LogP contribution in [-0.4, -0.2) is 34.8 Å². The molecular formula is C17H18FN3O2S. The van der Waals surface area contributed by atoms with Crippen molar-refractivity contribution in [3.8, 4) is 11.3 Å². The average Bonchev–Trinajstić information content (AvgIpc) is 3.03. The summed E-state index contributed by atoms with van der Waals surface area (Å²) < 4.78 is 13.3. The molecule has 24 heavy (non-hydrogen) atoms. The van der Waals surface area contributed by atoms with Gasteiger partial charge in [0.05, 0.1) is 5.69 Å². The lowest BCUT2D eigenvalue weighted by atomic mass is 9.96. The van der Waals surface area contributed by atoms with Crippen molar-refractivity contribution in [2.75, 3.05) is 18.4 Å². The molecule has 2 amide bonds. The van der Waals surface area contributed by atoms with Gasteiger partial charge in [-0.25, -0.2) is 9.37 Å². The third-order valence-electron chi connectivity index (χ3n) is 4.17. The number of benzene rings is 1. The van der Waals surface area contributed by atoms with E-state index in [0.29, 0.717) is 42.3 Å². The largest absolute Gasteiger partial charge is 0.343 e. The van der Waals surface area contributed by atoms with Crippen molar-refractivity contribution >= 4 is 28.3 Å². The first kappa shape index (κ1) is 16.6. The standard InChI is InChI=1S/C17H18FN3O2S/c1-11(22)21-7-5-12(6-8-21)16(23)20-17-19-15(10-24-17)13-3-2-4-14(18)9-13/h2-4,9-10,12H,5-8H2,1H3,(H,19,20,23). The Balaban J connectivity index is 1.61. The number of hydrogen-bond donors (Lipinski definition) is 1. The third kappa shape index (κ3) is 3.79. The number of thiazole rings is 1. The molecule has 2 aromatic rings. The minimum absolute atomic E-state index is 0.0496. The van der Waals surface area contributed by atoms with Gasteiger partial charge in [-0.3, -0.25) is 9.59 Å². The van der Waals surface area contributed by atoms with Crippen LogP contribution >= 0.6 is 11.3 Å². The maximum absolute atomic E-state index is 13.3. The Morgan fingerprint density at radius 3 is 2.75 bits per heavy atom. The Kier molecular flexibility index (Phi) is 4.89. The number of rotatable bonds is 3. The van der Waals surface area contributed by atoms with Crippen LogP contribution in [0.2, 0.25) is 0 Å². The lowest BCUT2D eigenvalue weighted by molar-refractivity contribution is -0.132. The fraction of sp³-hybridized carbons (Fsp3) is 0.353. The molecule has 0 unspecified atom stereocenters. The molecule has 1 N–H and O–H groups in total. The molecule has 0 atom stereocenters. The van der Waals surface area contributed by atoms with Gasteiger partial charge in [0, 0.05) is 36.9 Å². The molecule has 126 valence electrons. The number of carbonyl (C=O) groups excluding carboxylic acids is 2. The highest BCUT2D eigenvalue weighted by molar-refractivity contribution is 7.14. The highest BCUT2D eigenvalue weighted by atomic mass is 32.1. The SMILES string of the molecule is CC(=O)N1CCC(C(=O)Nc2nc(-c3cccc(F)c3)cs2)CC1. The maximum Gasteiger partial charge on any atom is 0.229 e. The van der Waals surface area contributed by atoms with Crippen molar-refractivity contribution in [3.63, 3.8) is 0 Å². The van der Waals surface area contributed by atoms with Crippen LogP contribution in [0.15, 0.2) is 29.6 Å².